The van der Waals surface area contributed by atoms with E-state index in [-0.39, 0.29) is 11.9 Å². The molecule has 0 aliphatic heterocycles. The van der Waals surface area contributed by atoms with Gasteiger partial charge >= 0.3 is 0 Å². The van der Waals surface area contributed by atoms with E-state index in [2.05, 4.69) is 27.6 Å². The molecule has 1 aliphatic rings. The zero-order valence-electron chi connectivity index (χ0n) is 12.9. The Balaban J connectivity index is 1.53. The summed E-state index contributed by atoms with van der Waals surface area (Å²) in [7, 11) is 0. The second-order valence-electron chi connectivity index (χ2n) is 5.98. The second kappa shape index (κ2) is 5.50. The van der Waals surface area contributed by atoms with Gasteiger partial charge in [0, 0.05) is 0 Å². The van der Waals surface area contributed by atoms with Crippen LogP contribution in [0.25, 0.3) is 11.0 Å². The largest absolute Gasteiger partial charge is 0.347 e. The lowest BCUT2D eigenvalue weighted by Gasteiger charge is -2.17. The SMILES string of the molecule is CC(C(=O)NC1CCc2ccccc21)n1nc2ccccc2n1. The van der Waals surface area contributed by atoms with Gasteiger partial charge in [0.2, 0.25) is 5.91 Å². The van der Waals surface area contributed by atoms with Gasteiger partial charge in [-0.15, -0.1) is 0 Å². The molecule has 2 unspecified atom stereocenters. The fourth-order valence-corrected chi connectivity index (χ4v) is 3.15. The van der Waals surface area contributed by atoms with Crippen molar-refractivity contribution in [3.63, 3.8) is 0 Å². The first-order valence-corrected chi connectivity index (χ1v) is 7.92. The van der Waals surface area contributed by atoms with Crippen molar-refractivity contribution in [2.24, 2.45) is 0 Å². The second-order valence-corrected chi connectivity index (χ2v) is 5.98. The molecular weight excluding hydrogens is 288 g/mol. The highest BCUT2D eigenvalue weighted by Crippen LogP contribution is 2.31. The van der Waals surface area contributed by atoms with E-state index in [9.17, 15) is 4.79 Å². The van der Waals surface area contributed by atoms with Gasteiger partial charge in [-0.3, -0.25) is 4.79 Å². The molecule has 0 saturated carbocycles. The van der Waals surface area contributed by atoms with Crippen LogP contribution in [0.1, 0.15) is 36.6 Å². The summed E-state index contributed by atoms with van der Waals surface area (Å²) in [6.07, 6.45) is 1.96. The monoisotopic (exact) mass is 306 g/mol. The summed E-state index contributed by atoms with van der Waals surface area (Å²) in [6, 6.07) is 15.6. The average Bonchev–Trinajstić information content (AvgIpc) is 3.18. The van der Waals surface area contributed by atoms with Crippen LogP contribution in [0.2, 0.25) is 0 Å². The number of hydrogen-bond acceptors (Lipinski definition) is 3. The van der Waals surface area contributed by atoms with E-state index in [0.717, 1.165) is 23.9 Å². The summed E-state index contributed by atoms with van der Waals surface area (Å²) in [5, 5.41) is 11.9. The molecule has 4 rings (SSSR count). The van der Waals surface area contributed by atoms with Gasteiger partial charge in [0.05, 0.1) is 6.04 Å². The van der Waals surface area contributed by atoms with Gasteiger partial charge in [0.25, 0.3) is 0 Å². The topological polar surface area (TPSA) is 59.8 Å². The van der Waals surface area contributed by atoms with Crippen LogP contribution < -0.4 is 5.32 Å². The number of aryl methyl sites for hydroxylation is 1. The van der Waals surface area contributed by atoms with E-state index in [1.54, 1.807) is 0 Å². The number of carbonyl (C=O) groups is 1. The van der Waals surface area contributed by atoms with Crippen LogP contribution >= 0.6 is 0 Å². The molecule has 0 radical (unpaired) electrons. The lowest BCUT2D eigenvalue weighted by molar-refractivity contribution is -0.125. The third-order valence-electron chi connectivity index (χ3n) is 4.48. The van der Waals surface area contributed by atoms with Crippen LogP contribution in [0.5, 0.6) is 0 Å². The number of carbonyl (C=O) groups excluding carboxylic acids is 1. The van der Waals surface area contributed by atoms with E-state index in [1.807, 2.05) is 43.3 Å². The highest BCUT2D eigenvalue weighted by molar-refractivity contribution is 5.81. The summed E-state index contributed by atoms with van der Waals surface area (Å²) in [5.74, 6) is -0.0491. The van der Waals surface area contributed by atoms with Gasteiger partial charge in [0.1, 0.15) is 17.1 Å². The quantitative estimate of drug-likeness (QED) is 0.809. The molecule has 23 heavy (non-hydrogen) atoms. The van der Waals surface area contributed by atoms with Gasteiger partial charge < -0.3 is 5.32 Å². The molecule has 2 aromatic carbocycles. The van der Waals surface area contributed by atoms with Crippen LogP contribution in [-0.2, 0) is 11.2 Å². The molecule has 0 saturated heterocycles. The van der Waals surface area contributed by atoms with Gasteiger partial charge in [-0.2, -0.15) is 15.0 Å². The minimum Gasteiger partial charge on any atom is -0.347 e. The Bertz CT molecular complexity index is 837. The maximum atomic E-state index is 12.6. The molecule has 2 atom stereocenters. The van der Waals surface area contributed by atoms with Crippen molar-refractivity contribution in [1.29, 1.82) is 0 Å². The highest BCUT2D eigenvalue weighted by Gasteiger charge is 2.26. The zero-order chi connectivity index (χ0) is 15.8. The summed E-state index contributed by atoms with van der Waals surface area (Å²) in [5.41, 5.74) is 4.16. The lowest BCUT2D eigenvalue weighted by Crippen LogP contribution is -2.34. The number of fused-ring (bicyclic) bond motifs is 2. The smallest absolute Gasteiger partial charge is 0.246 e. The highest BCUT2D eigenvalue weighted by atomic mass is 16.2. The molecule has 5 heteroatoms. The van der Waals surface area contributed by atoms with Crippen molar-refractivity contribution in [3.8, 4) is 0 Å². The first-order valence-electron chi connectivity index (χ1n) is 7.92. The minimum absolute atomic E-state index is 0.0491. The van der Waals surface area contributed by atoms with Crippen LogP contribution in [0.15, 0.2) is 48.5 Å². The van der Waals surface area contributed by atoms with Gasteiger partial charge in [-0.1, -0.05) is 36.4 Å². The molecule has 5 nitrogen and oxygen atoms in total. The predicted molar refractivity (Wildman–Crippen MR) is 87.9 cm³/mol. The molecule has 1 amide bonds. The lowest BCUT2D eigenvalue weighted by atomic mass is 10.1. The van der Waals surface area contributed by atoms with Crippen molar-refractivity contribution in [2.75, 3.05) is 0 Å². The molecular formula is C18H18N4O. The summed E-state index contributed by atoms with van der Waals surface area (Å²) in [6.45, 7) is 1.83. The van der Waals surface area contributed by atoms with E-state index < -0.39 is 6.04 Å². The van der Waals surface area contributed by atoms with Crippen molar-refractivity contribution in [1.82, 2.24) is 20.3 Å². The maximum absolute atomic E-state index is 12.6. The molecule has 0 spiro atoms. The maximum Gasteiger partial charge on any atom is 0.246 e. The van der Waals surface area contributed by atoms with Crippen molar-refractivity contribution >= 4 is 16.9 Å². The Morgan fingerprint density at radius 1 is 1.13 bits per heavy atom. The number of rotatable bonds is 3. The van der Waals surface area contributed by atoms with E-state index in [0.29, 0.717) is 0 Å². The molecule has 0 fully saturated rings. The standard InChI is InChI=1S/C18H18N4O/c1-12(22-20-16-8-4-5-9-17(16)21-22)18(23)19-15-11-10-13-6-2-3-7-14(13)15/h2-9,12,15H,10-11H2,1H3,(H,19,23). The van der Waals surface area contributed by atoms with Gasteiger partial charge in [-0.25, -0.2) is 0 Å². The minimum atomic E-state index is -0.435. The molecule has 1 aliphatic carbocycles. The van der Waals surface area contributed by atoms with Crippen molar-refractivity contribution in [2.45, 2.75) is 31.8 Å². The number of amides is 1. The number of nitrogens with zero attached hydrogens (tertiary/aromatic N) is 3. The van der Waals surface area contributed by atoms with Crippen LogP contribution in [0, 0.1) is 0 Å². The summed E-state index contributed by atoms with van der Waals surface area (Å²) in [4.78, 5) is 14.1. The molecule has 3 aromatic rings. The number of benzene rings is 2. The zero-order valence-corrected chi connectivity index (χ0v) is 12.9. The number of hydrogen-bond donors (Lipinski definition) is 1. The van der Waals surface area contributed by atoms with Crippen LogP contribution in [0.3, 0.4) is 0 Å². The molecule has 1 aromatic heterocycles. The van der Waals surface area contributed by atoms with Gasteiger partial charge in [0.15, 0.2) is 0 Å². The fraction of sp³-hybridized carbons (Fsp3) is 0.278. The van der Waals surface area contributed by atoms with E-state index >= 15 is 0 Å². The Morgan fingerprint density at radius 2 is 1.78 bits per heavy atom. The molecule has 1 N–H and O–H groups in total. The van der Waals surface area contributed by atoms with Gasteiger partial charge in [-0.05, 0) is 43.0 Å². The Kier molecular flexibility index (Phi) is 3.33. The van der Waals surface area contributed by atoms with E-state index in [4.69, 9.17) is 0 Å². The third-order valence-corrected chi connectivity index (χ3v) is 4.48. The normalized spacial score (nSPS) is 17.9. The predicted octanol–water partition coefficient (Wildman–Crippen LogP) is 2.80. The Hall–Kier alpha value is -2.69. The molecule has 116 valence electrons. The first-order chi connectivity index (χ1) is 11.2. The Morgan fingerprint density at radius 3 is 2.52 bits per heavy atom. The average molecular weight is 306 g/mol. The summed E-state index contributed by atoms with van der Waals surface area (Å²) < 4.78 is 0. The first kappa shape index (κ1) is 13.9. The van der Waals surface area contributed by atoms with E-state index in [1.165, 1.54) is 15.9 Å². The van der Waals surface area contributed by atoms with Crippen molar-refractivity contribution in [3.05, 3.63) is 59.7 Å². The fourth-order valence-electron chi connectivity index (χ4n) is 3.15. The van der Waals surface area contributed by atoms with Crippen molar-refractivity contribution < 1.29 is 4.79 Å². The molecule has 1 heterocycles. The van der Waals surface area contributed by atoms with Crippen LogP contribution in [0.4, 0.5) is 0 Å². The summed E-state index contributed by atoms with van der Waals surface area (Å²) >= 11 is 0. The Labute approximate surface area is 134 Å². The number of aromatic nitrogens is 3. The molecule has 0 bridgehead atoms. The third kappa shape index (κ3) is 2.48. The van der Waals surface area contributed by atoms with Crippen LogP contribution in [-0.4, -0.2) is 20.9 Å². The number of nitrogens with one attached hydrogen (secondary N) is 1.